The third-order valence-electron chi connectivity index (χ3n) is 7.19. The highest BCUT2D eigenvalue weighted by Crippen LogP contribution is 2.29. The Bertz CT molecular complexity index is 1650. The zero-order valence-corrected chi connectivity index (χ0v) is 26.8. The molecule has 0 spiro atoms. The first kappa shape index (κ1) is 32.8. The summed E-state index contributed by atoms with van der Waals surface area (Å²) in [5.41, 5.74) is 2.62. The van der Waals surface area contributed by atoms with Crippen LogP contribution in [0.1, 0.15) is 30.5 Å². The lowest BCUT2D eigenvalue weighted by atomic mass is 10.0. The Morgan fingerprint density at radius 3 is 1.95 bits per heavy atom. The number of halogens is 1. The molecule has 0 fully saturated rings. The van der Waals surface area contributed by atoms with Gasteiger partial charge in [-0.1, -0.05) is 104 Å². The van der Waals surface area contributed by atoms with Gasteiger partial charge in [0.25, 0.3) is 10.0 Å². The van der Waals surface area contributed by atoms with Gasteiger partial charge in [-0.3, -0.25) is 13.9 Å². The second-order valence-electron chi connectivity index (χ2n) is 11.1. The molecule has 0 saturated carbocycles. The van der Waals surface area contributed by atoms with Crippen LogP contribution in [0.3, 0.4) is 0 Å². The van der Waals surface area contributed by atoms with Gasteiger partial charge in [0.05, 0.1) is 10.6 Å². The fourth-order valence-electron chi connectivity index (χ4n) is 4.89. The van der Waals surface area contributed by atoms with Crippen LogP contribution in [0.15, 0.2) is 114 Å². The molecular formula is C35H38ClN3O4S. The van der Waals surface area contributed by atoms with Crippen molar-refractivity contribution in [3.05, 3.63) is 131 Å². The molecule has 4 aromatic rings. The SMILES string of the molecule is Cc1cc(Cl)ccc1N(CC(=O)N(Cc1ccccc1)[C@@H](Cc1ccccc1)C(=O)NCC(C)C)S(=O)(=O)c1ccccc1. The summed E-state index contributed by atoms with van der Waals surface area (Å²) in [5.74, 6) is -0.607. The van der Waals surface area contributed by atoms with Crippen LogP contribution in [0, 0.1) is 12.8 Å². The molecule has 44 heavy (non-hydrogen) atoms. The second-order valence-corrected chi connectivity index (χ2v) is 13.4. The van der Waals surface area contributed by atoms with Gasteiger partial charge >= 0.3 is 0 Å². The van der Waals surface area contributed by atoms with Crippen LogP contribution in [0.25, 0.3) is 0 Å². The number of hydrogen-bond donors (Lipinski definition) is 1. The standard InChI is InChI=1S/C35H38ClN3O4S/c1-26(2)23-37-35(41)33(22-28-13-7-4-8-14-28)38(24-29-15-9-5-10-16-29)34(40)25-39(32-20-19-30(36)21-27(32)3)44(42,43)31-17-11-6-12-18-31/h4-21,26,33H,22-25H2,1-3H3,(H,37,41)/t33-/m0/s1. The molecule has 9 heteroatoms. The van der Waals surface area contributed by atoms with E-state index in [0.717, 1.165) is 15.4 Å². The lowest BCUT2D eigenvalue weighted by Gasteiger charge is -2.34. The summed E-state index contributed by atoms with van der Waals surface area (Å²) >= 11 is 6.22. The van der Waals surface area contributed by atoms with Crippen LogP contribution >= 0.6 is 11.6 Å². The largest absolute Gasteiger partial charge is 0.354 e. The Labute approximate surface area is 265 Å². The van der Waals surface area contributed by atoms with Gasteiger partial charge in [-0.15, -0.1) is 0 Å². The molecule has 0 aliphatic rings. The van der Waals surface area contributed by atoms with E-state index < -0.39 is 28.5 Å². The monoisotopic (exact) mass is 631 g/mol. The summed E-state index contributed by atoms with van der Waals surface area (Å²) in [6, 6.07) is 30.8. The van der Waals surface area contributed by atoms with Crippen molar-refractivity contribution >= 4 is 39.1 Å². The van der Waals surface area contributed by atoms with Gasteiger partial charge in [-0.25, -0.2) is 8.42 Å². The number of nitrogens with one attached hydrogen (secondary N) is 1. The van der Waals surface area contributed by atoms with Crippen molar-refractivity contribution in [2.45, 2.75) is 44.7 Å². The van der Waals surface area contributed by atoms with Crippen LogP contribution in [0.4, 0.5) is 5.69 Å². The zero-order chi connectivity index (χ0) is 31.7. The van der Waals surface area contributed by atoms with Crippen molar-refractivity contribution in [3.8, 4) is 0 Å². The maximum Gasteiger partial charge on any atom is 0.264 e. The van der Waals surface area contributed by atoms with E-state index in [-0.39, 0.29) is 29.7 Å². The minimum atomic E-state index is -4.18. The molecule has 0 aromatic heterocycles. The number of carbonyl (C=O) groups is 2. The van der Waals surface area contributed by atoms with Crippen molar-refractivity contribution in [2.75, 3.05) is 17.4 Å². The number of hydrogen-bond acceptors (Lipinski definition) is 4. The summed E-state index contributed by atoms with van der Waals surface area (Å²) < 4.78 is 29.3. The number of benzene rings is 4. The van der Waals surface area contributed by atoms with E-state index in [2.05, 4.69) is 5.32 Å². The fourth-order valence-corrected chi connectivity index (χ4v) is 6.61. The molecule has 7 nitrogen and oxygen atoms in total. The van der Waals surface area contributed by atoms with Gasteiger partial charge in [-0.2, -0.15) is 0 Å². The highest BCUT2D eigenvalue weighted by molar-refractivity contribution is 7.92. The van der Waals surface area contributed by atoms with Gasteiger partial charge in [-0.05, 0) is 59.9 Å². The predicted molar refractivity (Wildman–Crippen MR) is 176 cm³/mol. The smallest absolute Gasteiger partial charge is 0.264 e. The minimum Gasteiger partial charge on any atom is -0.354 e. The first-order valence-corrected chi connectivity index (χ1v) is 16.4. The van der Waals surface area contributed by atoms with E-state index in [4.69, 9.17) is 11.6 Å². The number of aryl methyl sites for hydroxylation is 1. The second kappa shape index (κ2) is 15.0. The van der Waals surface area contributed by atoms with E-state index in [9.17, 15) is 18.0 Å². The van der Waals surface area contributed by atoms with Crippen molar-refractivity contribution in [1.29, 1.82) is 0 Å². The molecule has 0 unspecified atom stereocenters. The number of carbonyl (C=O) groups excluding carboxylic acids is 2. The molecule has 0 aliphatic heterocycles. The molecule has 0 aliphatic carbocycles. The van der Waals surface area contributed by atoms with E-state index in [0.29, 0.717) is 22.8 Å². The Balaban J connectivity index is 1.80. The van der Waals surface area contributed by atoms with E-state index in [1.807, 2.05) is 74.5 Å². The van der Waals surface area contributed by atoms with Crippen LogP contribution in [0.2, 0.25) is 5.02 Å². The van der Waals surface area contributed by atoms with Gasteiger partial charge in [0.15, 0.2) is 0 Å². The van der Waals surface area contributed by atoms with Crippen molar-refractivity contribution in [2.24, 2.45) is 5.92 Å². The molecule has 1 N–H and O–H groups in total. The van der Waals surface area contributed by atoms with E-state index in [1.165, 1.54) is 17.0 Å². The molecule has 230 valence electrons. The van der Waals surface area contributed by atoms with Crippen LogP contribution < -0.4 is 9.62 Å². The molecular weight excluding hydrogens is 594 g/mol. The summed E-state index contributed by atoms with van der Waals surface area (Å²) in [5, 5.41) is 3.45. The number of amides is 2. The zero-order valence-electron chi connectivity index (χ0n) is 25.2. The molecule has 4 rings (SSSR count). The van der Waals surface area contributed by atoms with Crippen molar-refractivity contribution in [1.82, 2.24) is 10.2 Å². The van der Waals surface area contributed by atoms with Gasteiger partial charge in [0.2, 0.25) is 11.8 Å². The molecule has 1 atom stereocenters. The normalized spacial score (nSPS) is 12.0. The first-order valence-electron chi connectivity index (χ1n) is 14.5. The van der Waals surface area contributed by atoms with Crippen molar-refractivity contribution in [3.63, 3.8) is 0 Å². The maximum atomic E-state index is 14.5. The van der Waals surface area contributed by atoms with Gasteiger partial charge in [0, 0.05) is 24.5 Å². The number of sulfonamides is 1. The molecule has 2 amide bonds. The van der Waals surface area contributed by atoms with Crippen LogP contribution in [0.5, 0.6) is 0 Å². The fraction of sp³-hybridized carbons (Fsp3) is 0.257. The molecule has 0 bridgehead atoms. The van der Waals surface area contributed by atoms with Crippen LogP contribution in [-0.2, 0) is 32.6 Å². The quantitative estimate of drug-likeness (QED) is 0.189. The molecule has 0 heterocycles. The van der Waals surface area contributed by atoms with Gasteiger partial charge in [0.1, 0.15) is 12.6 Å². The highest BCUT2D eigenvalue weighted by Gasteiger charge is 2.35. The Morgan fingerprint density at radius 1 is 0.818 bits per heavy atom. The first-order chi connectivity index (χ1) is 21.1. The van der Waals surface area contributed by atoms with E-state index in [1.54, 1.807) is 43.3 Å². The Morgan fingerprint density at radius 2 is 1.39 bits per heavy atom. The summed E-state index contributed by atoms with van der Waals surface area (Å²) in [4.78, 5) is 29.8. The number of nitrogens with zero attached hydrogens (tertiary/aromatic N) is 2. The highest BCUT2D eigenvalue weighted by atomic mass is 35.5. The topological polar surface area (TPSA) is 86.8 Å². The lowest BCUT2D eigenvalue weighted by Crippen LogP contribution is -2.53. The van der Waals surface area contributed by atoms with E-state index >= 15 is 0 Å². The Hall–Kier alpha value is -4.14. The minimum absolute atomic E-state index is 0.0484. The Kier molecular flexibility index (Phi) is 11.2. The lowest BCUT2D eigenvalue weighted by molar-refractivity contribution is -0.140. The average Bonchev–Trinajstić information content (AvgIpc) is 3.02. The number of rotatable bonds is 13. The molecule has 0 saturated heterocycles. The number of anilines is 1. The third kappa shape index (κ3) is 8.49. The molecule has 4 aromatic carbocycles. The third-order valence-corrected chi connectivity index (χ3v) is 9.20. The van der Waals surface area contributed by atoms with Crippen LogP contribution in [-0.4, -0.2) is 44.3 Å². The average molecular weight is 632 g/mol. The summed E-state index contributed by atoms with van der Waals surface area (Å²) in [6.45, 7) is 5.79. The molecule has 0 radical (unpaired) electrons. The summed E-state index contributed by atoms with van der Waals surface area (Å²) in [7, 11) is -4.18. The maximum absolute atomic E-state index is 14.5. The summed E-state index contributed by atoms with van der Waals surface area (Å²) in [6.07, 6.45) is 0.259. The van der Waals surface area contributed by atoms with Crippen molar-refractivity contribution < 1.29 is 18.0 Å². The van der Waals surface area contributed by atoms with Gasteiger partial charge < -0.3 is 10.2 Å². The predicted octanol–water partition coefficient (Wildman–Crippen LogP) is 6.26.